The molecule has 0 aromatic heterocycles. The van der Waals surface area contributed by atoms with E-state index < -0.39 is 17.8 Å². The van der Waals surface area contributed by atoms with Crippen LogP contribution in [-0.4, -0.2) is 34.0 Å². The molecular formula is C22H14Br3N3O6. The predicted octanol–water partition coefficient (Wildman–Crippen LogP) is 5.46. The number of carboxylic acid groups (broad SMARTS) is 2. The van der Waals surface area contributed by atoms with E-state index in [0.29, 0.717) is 16.9 Å². The molecule has 3 rings (SSSR count). The number of anilines is 3. The van der Waals surface area contributed by atoms with Gasteiger partial charge in [-0.15, -0.1) is 0 Å². The summed E-state index contributed by atoms with van der Waals surface area (Å²) in [5.41, 5.74) is 6.37. The first kappa shape index (κ1) is 25.4. The number of carbonyl (C=O) groups excluding carboxylic acids is 2. The Hall–Kier alpha value is -3.22. The fourth-order valence-corrected chi connectivity index (χ4v) is 5.74. The molecule has 0 spiro atoms. The Labute approximate surface area is 217 Å². The van der Waals surface area contributed by atoms with Crippen molar-refractivity contribution in [2.75, 3.05) is 16.4 Å². The third kappa shape index (κ3) is 5.29. The predicted molar refractivity (Wildman–Crippen MR) is 137 cm³/mol. The highest BCUT2D eigenvalue weighted by atomic mass is 79.9. The van der Waals surface area contributed by atoms with Gasteiger partial charge in [0, 0.05) is 27.0 Å². The molecule has 3 aromatic rings. The van der Waals surface area contributed by atoms with Crippen LogP contribution in [0, 0.1) is 0 Å². The molecular weight excluding hydrogens is 642 g/mol. The molecule has 9 nitrogen and oxygen atoms in total. The lowest BCUT2D eigenvalue weighted by Gasteiger charge is -2.16. The Kier molecular flexibility index (Phi) is 7.75. The van der Waals surface area contributed by atoms with Gasteiger partial charge < -0.3 is 26.6 Å². The van der Waals surface area contributed by atoms with Crippen molar-refractivity contribution in [1.82, 2.24) is 0 Å². The van der Waals surface area contributed by atoms with Crippen molar-refractivity contribution in [3.05, 3.63) is 84.2 Å². The van der Waals surface area contributed by atoms with Crippen molar-refractivity contribution in [3.8, 4) is 0 Å². The van der Waals surface area contributed by atoms with Crippen LogP contribution in [0.2, 0.25) is 0 Å². The molecule has 0 radical (unpaired) electrons. The third-order valence-corrected chi connectivity index (χ3v) is 6.94. The van der Waals surface area contributed by atoms with Crippen molar-refractivity contribution in [2.45, 2.75) is 0 Å². The van der Waals surface area contributed by atoms with Crippen molar-refractivity contribution in [1.29, 1.82) is 0 Å². The Morgan fingerprint density at radius 2 is 1.06 bits per heavy atom. The number of carbonyl (C=O) groups is 4. The van der Waals surface area contributed by atoms with Gasteiger partial charge in [0.2, 0.25) is 0 Å². The molecule has 3 aromatic carbocycles. The number of hydrogen-bond acceptors (Lipinski definition) is 5. The molecule has 0 aliphatic heterocycles. The SMILES string of the molecule is Nc1ccc(C(=O)Nc2ccc(C(=O)Nc3c(Br)c(C(=O)O)c(Br)c(C(=O)O)c3Br)cc2)cc1. The number of nitrogen functional groups attached to an aromatic ring is 1. The number of aromatic carboxylic acids is 2. The van der Waals surface area contributed by atoms with Crippen LogP contribution in [-0.2, 0) is 0 Å². The van der Waals surface area contributed by atoms with Crippen molar-refractivity contribution >= 4 is 88.6 Å². The third-order valence-electron chi connectivity index (χ3n) is 4.56. The lowest BCUT2D eigenvalue weighted by molar-refractivity contribution is 0.0693. The fraction of sp³-hybridized carbons (Fsp3) is 0. The Balaban J connectivity index is 1.85. The zero-order chi connectivity index (χ0) is 25.2. The minimum Gasteiger partial charge on any atom is -0.478 e. The summed E-state index contributed by atoms with van der Waals surface area (Å²) in [5, 5.41) is 24.2. The van der Waals surface area contributed by atoms with Crippen molar-refractivity contribution in [2.24, 2.45) is 0 Å². The summed E-state index contributed by atoms with van der Waals surface area (Å²) in [6.45, 7) is 0. The Morgan fingerprint density at radius 1 is 0.647 bits per heavy atom. The molecule has 0 saturated heterocycles. The number of hydrogen-bond donors (Lipinski definition) is 5. The minimum atomic E-state index is -1.40. The zero-order valence-electron chi connectivity index (χ0n) is 16.9. The normalized spacial score (nSPS) is 10.4. The molecule has 0 heterocycles. The van der Waals surface area contributed by atoms with Crippen LogP contribution in [0.15, 0.2) is 61.9 Å². The van der Waals surface area contributed by atoms with Gasteiger partial charge in [-0.2, -0.15) is 0 Å². The average molecular weight is 656 g/mol. The maximum absolute atomic E-state index is 12.8. The van der Waals surface area contributed by atoms with E-state index in [1.54, 1.807) is 24.3 Å². The molecule has 0 aliphatic carbocycles. The molecule has 0 aliphatic rings. The molecule has 174 valence electrons. The van der Waals surface area contributed by atoms with Crippen LogP contribution in [0.25, 0.3) is 0 Å². The van der Waals surface area contributed by atoms with E-state index in [1.165, 1.54) is 24.3 Å². The van der Waals surface area contributed by atoms with E-state index in [4.69, 9.17) is 5.73 Å². The smallest absolute Gasteiger partial charge is 0.338 e. The van der Waals surface area contributed by atoms with Crippen LogP contribution in [0.1, 0.15) is 41.4 Å². The van der Waals surface area contributed by atoms with Gasteiger partial charge in [-0.1, -0.05) is 0 Å². The average Bonchev–Trinajstić information content (AvgIpc) is 2.77. The van der Waals surface area contributed by atoms with E-state index >= 15 is 0 Å². The van der Waals surface area contributed by atoms with E-state index in [1.807, 2.05) is 0 Å². The van der Waals surface area contributed by atoms with Crippen molar-refractivity contribution < 1.29 is 29.4 Å². The Morgan fingerprint density at radius 3 is 1.50 bits per heavy atom. The van der Waals surface area contributed by atoms with Gasteiger partial charge >= 0.3 is 11.9 Å². The molecule has 0 fully saturated rings. The van der Waals surface area contributed by atoms with Crippen LogP contribution < -0.4 is 16.4 Å². The highest BCUT2D eigenvalue weighted by Gasteiger charge is 2.28. The first-order chi connectivity index (χ1) is 16.0. The standard InChI is InChI=1S/C22H14Br3N3O6/c23-15-13(21(31)32)16(24)18(17(25)14(15)22(33)34)28-20(30)10-3-7-12(8-4-10)27-19(29)9-1-5-11(26)6-2-9/h1-8H,26H2,(H,27,29)(H,28,30)(H,31,32)(H,33,34). The van der Waals surface area contributed by atoms with Gasteiger partial charge in [0.25, 0.3) is 11.8 Å². The zero-order valence-corrected chi connectivity index (χ0v) is 21.6. The summed E-state index contributed by atoms with van der Waals surface area (Å²) in [6, 6.07) is 12.3. The summed E-state index contributed by atoms with van der Waals surface area (Å²) in [5.74, 6) is -3.79. The lowest BCUT2D eigenvalue weighted by Crippen LogP contribution is -2.17. The molecule has 0 bridgehead atoms. The van der Waals surface area contributed by atoms with Crippen molar-refractivity contribution in [3.63, 3.8) is 0 Å². The summed E-state index contributed by atoms with van der Waals surface area (Å²) >= 11 is 9.26. The van der Waals surface area contributed by atoms with E-state index in [0.717, 1.165) is 0 Å². The second kappa shape index (κ2) is 10.4. The van der Waals surface area contributed by atoms with Gasteiger partial charge in [-0.05, 0) is 96.3 Å². The molecule has 34 heavy (non-hydrogen) atoms. The van der Waals surface area contributed by atoms with E-state index in [2.05, 4.69) is 58.4 Å². The van der Waals surface area contributed by atoms with Crippen LogP contribution in [0.3, 0.4) is 0 Å². The Bertz CT molecular complexity index is 1280. The lowest BCUT2D eigenvalue weighted by atomic mass is 10.1. The quantitative estimate of drug-likeness (QED) is 0.221. The van der Waals surface area contributed by atoms with E-state index in [-0.39, 0.29) is 41.7 Å². The number of amides is 2. The van der Waals surface area contributed by atoms with Crippen LogP contribution in [0.5, 0.6) is 0 Å². The number of benzene rings is 3. The number of nitrogens with one attached hydrogen (secondary N) is 2. The highest BCUT2D eigenvalue weighted by Crippen LogP contribution is 2.42. The van der Waals surface area contributed by atoms with Crippen LogP contribution in [0.4, 0.5) is 17.1 Å². The first-order valence-electron chi connectivity index (χ1n) is 9.26. The summed E-state index contributed by atoms with van der Waals surface area (Å²) < 4.78 is -0.209. The number of halogens is 3. The first-order valence-corrected chi connectivity index (χ1v) is 11.6. The molecule has 6 N–H and O–H groups in total. The number of carboxylic acids is 2. The summed E-state index contributed by atoms with van der Waals surface area (Å²) in [6.07, 6.45) is 0. The molecule has 2 amide bonds. The fourth-order valence-electron chi connectivity index (χ4n) is 2.88. The minimum absolute atomic E-state index is 0.0236. The molecule has 0 unspecified atom stereocenters. The summed E-state index contributed by atoms with van der Waals surface area (Å²) in [4.78, 5) is 48.4. The van der Waals surface area contributed by atoms with E-state index in [9.17, 15) is 29.4 Å². The highest BCUT2D eigenvalue weighted by molar-refractivity contribution is 9.11. The second-order valence-electron chi connectivity index (χ2n) is 6.78. The topological polar surface area (TPSA) is 159 Å². The van der Waals surface area contributed by atoms with Gasteiger partial charge in [0.05, 0.1) is 25.8 Å². The largest absolute Gasteiger partial charge is 0.478 e. The van der Waals surface area contributed by atoms with Gasteiger partial charge in [-0.25, -0.2) is 9.59 Å². The molecule has 12 heteroatoms. The monoisotopic (exact) mass is 653 g/mol. The molecule has 0 saturated carbocycles. The maximum Gasteiger partial charge on any atom is 0.338 e. The van der Waals surface area contributed by atoms with Gasteiger partial charge in [-0.3, -0.25) is 9.59 Å². The number of rotatable bonds is 6. The van der Waals surface area contributed by atoms with Gasteiger partial charge in [0.1, 0.15) is 0 Å². The molecule has 0 atom stereocenters. The summed E-state index contributed by atoms with van der Waals surface area (Å²) in [7, 11) is 0. The number of nitrogens with two attached hydrogens (primary N) is 1. The second-order valence-corrected chi connectivity index (χ2v) is 9.16. The van der Waals surface area contributed by atoms with Crippen LogP contribution >= 0.6 is 47.8 Å². The van der Waals surface area contributed by atoms with Gasteiger partial charge in [0.15, 0.2) is 0 Å². The maximum atomic E-state index is 12.8.